The second-order valence-corrected chi connectivity index (χ2v) is 4.82. The molecular formula is C14H10Cl2N2O3. The predicted octanol–water partition coefficient (Wildman–Crippen LogP) is 3.18. The molecule has 108 valence electrons. The summed E-state index contributed by atoms with van der Waals surface area (Å²) in [5.41, 5.74) is 0.368. The van der Waals surface area contributed by atoms with Gasteiger partial charge in [0.15, 0.2) is 12.4 Å². The molecule has 0 radical (unpaired) electrons. The predicted molar refractivity (Wildman–Crippen MR) is 79.6 cm³/mol. The summed E-state index contributed by atoms with van der Waals surface area (Å²) >= 11 is 11.6. The number of hydrogen-bond acceptors (Lipinski definition) is 4. The van der Waals surface area contributed by atoms with E-state index in [-0.39, 0.29) is 10.8 Å². The molecule has 0 spiro atoms. The maximum atomic E-state index is 11.7. The third-order valence-electron chi connectivity index (χ3n) is 2.41. The molecule has 0 saturated carbocycles. The van der Waals surface area contributed by atoms with Gasteiger partial charge in [0.1, 0.15) is 0 Å². The Balaban J connectivity index is 1.89. The molecule has 7 heteroatoms. The molecule has 1 aromatic carbocycles. The molecule has 0 fully saturated rings. The highest BCUT2D eigenvalue weighted by Gasteiger charge is 2.11. The van der Waals surface area contributed by atoms with E-state index in [9.17, 15) is 9.59 Å². The van der Waals surface area contributed by atoms with Crippen molar-refractivity contribution in [1.29, 1.82) is 0 Å². The van der Waals surface area contributed by atoms with Crippen molar-refractivity contribution in [2.24, 2.45) is 0 Å². The zero-order valence-electron chi connectivity index (χ0n) is 10.7. The van der Waals surface area contributed by atoms with E-state index in [1.54, 1.807) is 30.3 Å². The normalized spacial score (nSPS) is 10.0. The fourth-order valence-corrected chi connectivity index (χ4v) is 1.89. The van der Waals surface area contributed by atoms with Gasteiger partial charge in [-0.25, -0.2) is 9.78 Å². The third kappa shape index (κ3) is 4.44. The van der Waals surface area contributed by atoms with Gasteiger partial charge in [0.25, 0.3) is 5.91 Å². The van der Waals surface area contributed by atoms with E-state index < -0.39 is 18.5 Å². The van der Waals surface area contributed by atoms with Crippen LogP contribution in [0.2, 0.25) is 10.0 Å². The molecule has 0 unspecified atom stereocenters. The summed E-state index contributed by atoms with van der Waals surface area (Å²) in [6, 6.07) is 9.82. The van der Waals surface area contributed by atoms with Crippen LogP contribution >= 0.6 is 23.2 Å². The number of carbonyl (C=O) groups excluding carboxylic acids is 2. The third-order valence-corrected chi connectivity index (χ3v) is 2.90. The highest BCUT2D eigenvalue weighted by Crippen LogP contribution is 2.22. The Morgan fingerprint density at radius 2 is 1.90 bits per heavy atom. The van der Waals surface area contributed by atoms with Crippen molar-refractivity contribution in [3.63, 3.8) is 0 Å². The van der Waals surface area contributed by atoms with Crippen LogP contribution in [0.25, 0.3) is 0 Å². The summed E-state index contributed by atoms with van der Waals surface area (Å²) < 4.78 is 4.88. The molecule has 0 aliphatic heterocycles. The van der Waals surface area contributed by atoms with Gasteiger partial charge < -0.3 is 10.1 Å². The van der Waals surface area contributed by atoms with Crippen molar-refractivity contribution in [2.75, 3.05) is 11.9 Å². The monoisotopic (exact) mass is 324 g/mol. The molecule has 0 bridgehead atoms. The quantitative estimate of drug-likeness (QED) is 0.877. The van der Waals surface area contributed by atoms with E-state index in [1.807, 2.05) is 0 Å². The van der Waals surface area contributed by atoms with Gasteiger partial charge in [-0.3, -0.25) is 4.79 Å². The number of benzene rings is 1. The zero-order chi connectivity index (χ0) is 15.2. The van der Waals surface area contributed by atoms with Crippen molar-refractivity contribution in [3.8, 4) is 0 Å². The Morgan fingerprint density at radius 1 is 1.19 bits per heavy atom. The number of nitrogens with one attached hydrogen (secondary N) is 1. The molecule has 2 aromatic rings. The first kappa shape index (κ1) is 15.3. The highest BCUT2D eigenvalue weighted by atomic mass is 35.5. The molecule has 1 heterocycles. The second kappa shape index (κ2) is 7.06. The number of halogens is 2. The first-order valence-electron chi connectivity index (χ1n) is 5.89. The summed E-state index contributed by atoms with van der Waals surface area (Å²) in [6.07, 6.45) is 1.35. The van der Waals surface area contributed by atoms with Crippen LogP contribution in [-0.2, 0) is 9.53 Å². The average molecular weight is 325 g/mol. The maximum Gasteiger partial charge on any atom is 0.338 e. The minimum atomic E-state index is -0.582. The van der Waals surface area contributed by atoms with Crippen molar-refractivity contribution in [1.82, 2.24) is 4.98 Å². The van der Waals surface area contributed by atoms with E-state index in [2.05, 4.69) is 10.3 Å². The number of aromatic nitrogens is 1. The SMILES string of the molecule is O=C(COC(=O)c1ccccc1)Nc1ncc(Cl)cc1Cl. The molecule has 0 saturated heterocycles. The summed E-state index contributed by atoms with van der Waals surface area (Å²) in [5, 5.41) is 2.98. The topological polar surface area (TPSA) is 68.3 Å². The largest absolute Gasteiger partial charge is 0.452 e. The van der Waals surface area contributed by atoms with E-state index in [4.69, 9.17) is 27.9 Å². The smallest absolute Gasteiger partial charge is 0.338 e. The van der Waals surface area contributed by atoms with Gasteiger partial charge >= 0.3 is 5.97 Å². The Morgan fingerprint density at radius 3 is 2.57 bits per heavy atom. The maximum absolute atomic E-state index is 11.7. The first-order chi connectivity index (χ1) is 10.1. The molecule has 0 aliphatic rings. The average Bonchev–Trinajstić information content (AvgIpc) is 2.48. The number of nitrogens with zero attached hydrogens (tertiary/aromatic N) is 1. The highest BCUT2D eigenvalue weighted by molar-refractivity contribution is 6.36. The molecule has 1 amide bonds. The Bertz CT molecular complexity index is 663. The van der Waals surface area contributed by atoms with Crippen LogP contribution in [0.4, 0.5) is 5.82 Å². The lowest BCUT2D eigenvalue weighted by molar-refractivity contribution is -0.119. The van der Waals surface area contributed by atoms with Gasteiger partial charge in [0.05, 0.1) is 15.6 Å². The number of ether oxygens (including phenoxy) is 1. The lowest BCUT2D eigenvalue weighted by Crippen LogP contribution is -2.21. The van der Waals surface area contributed by atoms with Crippen molar-refractivity contribution in [2.45, 2.75) is 0 Å². The summed E-state index contributed by atoms with van der Waals surface area (Å²) in [5.74, 6) is -0.973. The van der Waals surface area contributed by atoms with Gasteiger partial charge in [-0.1, -0.05) is 41.4 Å². The Labute approximate surface area is 130 Å². The number of carbonyl (C=O) groups is 2. The summed E-state index contributed by atoms with van der Waals surface area (Å²) in [6.45, 7) is -0.436. The van der Waals surface area contributed by atoms with Crippen LogP contribution in [-0.4, -0.2) is 23.5 Å². The fraction of sp³-hybridized carbons (Fsp3) is 0.0714. The molecule has 1 aromatic heterocycles. The Kier molecular flexibility index (Phi) is 5.14. The molecule has 2 rings (SSSR count). The molecular weight excluding hydrogens is 315 g/mol. The molecule has 0 atom stereocenters. The minimum Gasteiger partial charge on any atom is -0.452 e. The van der Waals surface area contributed by atoms with Gasteiger partial charge in [-0.15, -0.1) is 0 Å². The number of anilines is 1. The van der Waals surface area contributed by atoms with E-state index in [1.165, 1.54) is 12.3 Å². The van der Waals surface area contributed by atoms with Gasteiger partial charge in [0.2, 0.25) is 0 Å². The van der Waals surface area contributed by atoms with Crippen LogP contribution in [0.1, 0.15) is 10.4 Å². The number of rotatable bonds is 4. The number of esters is 1. The van der Waals surface area contributed by atoms with Gasteiger partial charge in [-0.05, 0) is 18.2 Å². The first-order valence-corrected chi connectivity index (χ1v) is 6.65. The second-order valence-electron chi connectivity index (χ2n) is 3.97. The van der Waals surface area contributed by atoms with Crippen molar-refractivity contribution in [3.05, 3.63) is 58.2 Å². The van der Waals surface area contributed by atoms with E-state index in [0.717, 1.165) is 0 Å². The zero-order valence-corrected chi connectivity index (χ0v) is 12.2. The molecule has 0 aliphatic carbocycles. The fourth-order valence-electron chi connectivity index (χ4n) is 1.46. The number of amides is 1. The van der Waals surface area contributed by atoms with Crippen LogP contribution in [0.3, 0.4) is 0 Å². The number of pyridine rings is 1. The van der Waals surface area contributed by atoms with E-state index >= 15 is 0 Å². The van der Waals surface area contributed by atoms with Crippen molar-refractivity contribution < 1.29 is 14.3 Å². The van der Waals surface area contributed by atoms with Crippen LogP contribution < -0.4 is 5.32 Å². The van der Waals surface area contributed by atoms with Gasteiger partial charge in [-0.2, -0.15) is 0 Å². The van der Waals surface area contributed by atoms with Crippen LogP contribution in [0.5, 0.6) is 0 Å². The standard InChI is InChI=1S/C14H10Cl2N2O3/c15-10-6-11(16)13(17-7-10)18-12(19)8-21-14(20)9-4-2-1-3-5-9/h1-7H,8H2,(H,17,18,19). The van der Waals surface area contributed by atoms with Crippen LogP contribution in [0.15, 0.2) is 42.6 Å². The molecule has 21 heavy (non-hydrogen) atoms. The van der Waals surface area contributed by atoms with Gasteiger partial charge in [0, 0.05) is 6.20 Å². The van der Waals surface area contributed by atoms with Crippen LogP contribution in [0, 0.1) is 0 Å². The minimum absolute atomic E-state index is 0.154. The molecule has 1 N–H and O–H groups in total. The molecule has 5 nitrogen and oxygen atoms in total. The summed E-state index contributed by atoms with van der Waals surface area (Å²) in [4.78, 5) is 27.2. The van der Waals surface area contributed by atoms with E-state index in [0.29, 0.717) is 10.6 Å². The lowest BCUT2D eigenvalue weighted by atomic mass is 10.2. The lowest BCUT2D eigenvalue weighted by Gasteiger charge is -2.07. The Hall–Kier alpha value is -2.11. The summed E-state index contributed by atoms with van der Waals surface area (Å²) in [7, 11) is 0. The van der Waals surface area contributed by atoms with Crippen molar-refractivity contribution >= 4 is 40.9 Å². The number of hydrogen-bond donors (Lipinski definition) is 1.